The maximum atomic E-state index is 12.6. The number of carbonyl (C=O) groups is 3. The lowest BCUT2D eigenvalue weighted by Crippen LogP contribution is -2.44. The Morgan fingerprint density at radius 1 is 1.35 bits per heavy atom. The average Bonchev–Trinajstić information content (AvgIpc) is 2.62. The second-order valence-corrected chi connectivity index (χ2v) is 5.63. The summed E-state index contributed by atoms with van der Waals surface area (Å²) in [5, 5.41) is 11.5. The van der Waals surface area contributed by atoms with E-state index in [4.69, 9.17) is 5.11 Å². The van der Waals surface area contributed by atoms with Gasteiger partial charge >= 0.3 is 24.6 Å². The third kappa shape index (κ3) is 4.80. The van der Waals surface area contributed by atoms with Gasteiger partial charge in [0.1, 0.15) is 0 Å². The van der Waals surface area contributed by atoms with Crippen molar-refractivity contribution in [1.29, 1.82) is 0 Å². The molecule has 0 bridgehead atoms. The average molecular weight is 372 g/mol. The summed E-state index contributed by atoms with van der Waals surface area (Å²) >= 11 is 0. The SMILES string of the molecule is COC(=O)c1ccc(NC(=O)N2CCCC(C(=O)O)C2)c(OC(F)F)c1. The van der Waals surface area contributed by atoms with Crippen LogP contribution in [0.5, 0.6) is 5.75 Å². The molecule has 1 unspecified atom stereocenters. The van der Waals surface area contributed by atoms with Gasteiger partial charge in [-0.3, -0.25) is 4.79 Å². The van der Waals surface area contributed by atoms with Gasteiger partial charge < -0.3 is 24.8 Å². The largest absolute Gasteiger partial charge is 0.481 e. The zero-order valence-electron chi connectivity index (χ0n) is 13.9. The highest BCUT2D eigenvalue weighted by Crippen LogP contribution is 2.29. The van der Waals surface area contributed by atoms with Gasteiger partial charge in [-0.2, -0.15) is 8.78 Å². The summed E-state index contributed by atoms with van der Waals surface area (Å²) in [6.07, 6.45) is 0.985. The molecule has 0 spiro atoms. The molecule has 0 aromatic heterocycles. The Morgan fingerprint density at radius 3 is 2.69 bits per heavy atom. The van der Waals surface area contributed by atoms with E-state index in [0.29, 0.717) is 19.4 Å². The van der Waals surface area contributed by atoms with Crippen molar-refractivity contribution in [2.24, 2.45) is 5.92 Å². The van der Waals surface area contributed by atoms with Gasteiger partial charge in [0.15, 0.2) is 5.75 Å². The molecule has 1 aromatic rings. The topological polar surface area (TPSA) is 105 Å². The van der Waals surface area contributed by atoms with Crippen LogP contribution in [0, 0.1) is 5.92 Å². The molecular weight excluding hydrogens is 354 g/mol. The smallest absolute Gasteiger partial charge is 0.387 e. The van der Waals surface area contributed by atoms with Gasteiger partial charge in [-0.25, -0.2) is 9.59 Å². The van der Waals surface area contributed by atoms with Crippen molar-refractivity contribution in [2.75, 3.05) is 25.5 Å². The number of amides is 2. The number of carboxylic acid groups (broad SMARTS) is 1. The summed E-state index contributed by atoms with van der Waals surface area (Å²) in [7, 11) is 1.14. The van der Waals surface area contributed by atoms with Crippen LogP contribution in [0.1, 0.15) is 23.2 Å². The van der Waals surface area contributed by atoms with Crippen molar-refractivity contribution in [1.82, 2.24) is 4.90 Å². The van der Waals surface area contributed by atoms with E-state index in [0.717, 1.165) is 13.2 Å². The Labute approximate surface area is 147 Å². The van der Waals surface area contributed by atoms with Crippen LogP contribution in [0.3, 0.4) is 0 Å². The van der Waals surface area contributed by atoms with E-state index < -0.39 is 36.2 Å². The van der Waals surface area contributed by atoms with Crippen molar-refractivity contribution in [3.05, 3.63) is 23.8 Å². The molecule has 0 aliphatic carbocycles. The summed E-state index contributed by atoms with van der Waals surface area (Å²) in [4.78, 5) is 36.2. The Bertz CT molecular complexity index is 697. The second kappa shape index (κ2) is 8.45. The third-order valence-corrected chi connectivity index (χ3v) is 3.92. The number of nitrogens with one attached hydrogen (secondary N) is 1. The highest BCUT2D eigenvalue weighted by atomic mass is 19.3. The first kappa shape index (κ1) is 19.4. The van der Waals surface area contributed by atoms with Crippen molar-refractivity contribution in [2.45, 2.75) is 19.5 Å². The standard InChI is InChI=1S/C16H18F2N2O6/c1-25-14(23)9-4-5-11(12(7-9)26-15(17)18)19-16(24)20-6-2-3-10(8-20)13(21)22/h4-5,7,10,15H,2-3,6,8H2,1H3,(H,19,24)(H,21,22). The minimum Gasteiger partial charge on any atom is -0.481 e. The molecule has 2 N–H and O–H groups in total. The van der Waals surface area contributed by atoms with Gasteiger partial charge in [-0.15, -0.1) is 0 Å². The molecule has 2 amide bonds. The highest BCUT2D eigenvalue weighted by Gasteiger charge is 2.28. The van der Waals surface area contributed by atoms with E-state index >= 15 is 0 Å². The predicted octanol–water partition coefficient (Wildman–Crippen LogP) is 2.40. The van der Waals surface area contributed by atoms with Crippen molar-refractivity contribution >= 4 is 23.7 Å². The first-order valence-electron chi connectivity index (χ1n) is 7.77. The number of nitrogens with zero attached hydrogens (tertiary/aromatic N) is 1. The zero-order chi connectivity index (χ0) is 19.3. The quantitative estimate of drug-likeness (QED) is 0.769. The molecule has 1 saturated heterocycles. The summed E-state index contributed by atoms with van der Waals surface area (Å²) in [6.45, 7) is -2.79. The molecule has 1 fully saturated rings. The van der Waals surface area contributed by atoms with Gasteiger partial charge in [-0.1, -0.05) is 0 Å². The minimum atomic E-state index is -3.16. The number of alkyl halides is 2. The van der Waals surface area contributed by atoms with Crippen LogP contribution < -0.4 is 10.1 Å². The third-order valence-electron chi connectivity index (χ3n) is 3.92. The van der Waals surface area contributed by atoms with Crippen LogP contribution in [0.2, 0.25) is 0 Å². The number of piperidine rings is 1. The molecule has 1 aliphatic rings. The van der Waals surface area contributed by atoms with Crippen LogP contribution in [0.4, 0.5) is 19.3 Å². The first-order chi connectivity index (χ1) is 12.3. The molecular formula is C16H18F2N2O6. The number of esters is 1. The van der Waals surface area contributed by atoms with Gasteiger partial charge in [0.25, 0.3) is 0 Å². The van der Waals surface area contributed by atoms with Crippen molar-refractivity contribution < 1.29 is 37.7 Å². The molecule has 10 heteroatoms. The Hall–Kier alpha value is -2.91. The van der Waals surface area contributed by atoms with Crippen LogP contribution in [-0.4, -0.2) is 54.8 Å². The van der Waals surface area contributed by atoms with E-state index in [2.05, 4.69) is 14.8 Å². The van der Waals surface area contributed by atoms with Gasteiger partial charge in [0, 0.05) is 13.1 Å². The molecule has 26 heavy (non-hydrogen) atoms. The molecule has 142 valence electrons. The lowest BCUT2D eigenvalue weighted by molar-refractivity contribution is -0.143. The summed E-state index contributed by atoms with van der Waals surface area (Å²) < 4.78 is 34.1. The summed E-state index contributed by atoms with van der Waals surface area (Å²) in [5.74, 6) is -2.81. The molecule has 1 atom stereocenters. The fraction of sp³-hybridized carbons (Fsp3) is 0.438. The normalized spacial score (nSPS) is 16.9. The summed E-state index contributed by atoms with van der Waals surface area (Å²) in [6, 6.07) is 2.92. The molecule has 2 rings (SSSR count). The van der Waals surface area contributed by atoms with Gasteiger partial charge in [-0.05, 0) is 31.0 Å². The molecule has 0 saturated carbocycles. The van der Waals surface area contributed by atoms with Gasteiger partial charge in [0.2, 0.25) is 0 Å². The lowest BCUT2D eigenvalue weighted by atomic mass is 9.99. The Balaban J connectivity index is 2.17. The number of halogens is 2. The van der Waals surface area contributed by atoms with Crippen molar-refractivity contribution in [3.63, 3.8) is 0 Å². The number of carbonyl (C=O) groups excluding carboxylic acids is 2. The lowest BCUT2D eigenvalue weighted by Gasteiger charge is -2.30. The number of urea groups is 1. The fourth-order valence-corrected chi connectivity index (χ4v) is 2.62. The van der Waals surface area contributed by atoms with E-state index in [-0.39, 0.29) is 17.8 Å². The minimum absolute atomic E-state index is 0.0203. The Kier molecular flexibility index (Phi) is 6.31. The fourth-order valence-electron chi connectivity index (χ4n) is 2.62. The number of hydrogen-bond donors (Lipinski definition) is 2. The molecule has 1 aliphatic heterocycles. The van der Waals surface area contributed by atoms with E-state index in [1.807, 2.05) is 0 Å². The van der Waals surface area contributed by atoms with Crippen LogP contribution in [0.15, 0.2) is 18.2 Å². The predicted molar refractivity (Wildman–Crippen MR) is 85.4 cm³/mol. The van der Waals surface area contributed by atoms with E-state index in [1.54, 1.807) is 0 Å². The Morgan fingerprint density at radius 2 is 2.08 bits per heavy atom. The number of ether oxygens (including phenoxy) is 2. The summed E-state index contributed by atoms with van der Waals surface area (Å²) in [5.41, 5.74) is -0.0922. The number of benzene rings is 1. The number of aliphatic carboxylic acids is 1. The van der Waals surface area contributed by atoms with Crippen LogP contribution >= 0.6 is 0 Å². The maximum absolute atomic E-state index is 12.6. The molecule has 1 aromatic carbocycles. The highest BCUT2D eigenvalue weighted by molar-refractivity contribution is 5.94. The molecule has 1 heterocycles. The number of anilines is 1. The maximum Gasteiger partial charge on any atom is 0.387 e. The zero-order valence-corrected chi connectivity index (χ0v) is 13.9. The van der Waals surface area contributed by atoms with E-state index in [9.17, 15) is 23.2 Å². The number of methoxy groups -OCH3 is 1. The number of likely N-dealkylation sites (tertiary alicyclic amines) is 1. The van der Waals surface area contributed by atoms with Crippen molar-refractivity contribution in [3.8, 4) is 5.75 Å². The van der Waals surface area contributed by atoms with Crippen LogP contribution in [-0.2, 0) is 9.53 Å². The number of hydrogen-bond acceptors (Lipinski definition) is 5. The van der Waals surface area contributed by atoms with E-state index in [1.165, 1.54) is 17.0 Å². The van der Waals surface area contributed by atoms with Gasteiger partial charge in [0.05, 0.1) is 24.3 Å². The first-order valence-corrected chi connectivity index (χ1v) is 7.77. The monoisotopic (exact) mass is 372 g/mol. The molecule has 0 radical (unpaired) electrons. The van der Waals surface area contributed by atoms with Crippen LogP contribution in [0.25, 0.3) is 0 Å². The molecule has 8 nitrogen and oxygen atoms in total. The number of rotatable bonds is 5. The number of carboxylic acids is 1. The second-order valence-electron chi connectivity index (χ2n) is 5.63.